The van der Waals surface area contributed by atoms with Crippen molar-refractivity contribution in [1.82, 2.24) is 9.88 Å². The quantitative estimate of drug-likeness (QED) is 0.725. The van der Waals surface area contributed by atoms with Gasteiger partial charge in [0.05, 0.1) is 13.7 Å². The van der Waals surface area contributed by atoms with E-state index in [0.29, 0.717) is 42.7 Å². The lowest BCUT2D eigenvalue weighted by molar-refractivity contribution is 0.0746. The van der Waals surface area contributed by atoms with Gasteiger partial charge in [-0.25, -0.2) is 4.98 Å². The van der Waals surface area contributed by atoms with E-state index < -0.39 is 0 Å². The van der Waals surface area contributed by atoms with Gasteiger partial charge < -0.3 is 19.3 Å². The van der Waals surface area contributed by atoms with Gasteiger partial charge in [-0.2, -0.15) is 0 Å². The largest absolute Gasteiger partial charge is 0.493 e. The number of hydrogen-bond acceptors (Lipinski definition) is 6. The summed E-state index contributed by atoms with van der Waals surface area (Å²) < 4.78 is 11.2. The molecule has 1 fully saturated rings. The maximum absolute atomic E-state index is 12.9. The Hall–Kier alpha value is -2.28. The third-order valence-electron chi connectivity index (χ3n) is 4.62. The predicted octanol–water partition coefficient (Wildman–Crippen LogP) is 3.54. The molecule has 0 spiro atoms. The van der Waals surface area contributed by atoms with E-state index in [1.165, 1.54) is 0 Å². The Labute approximate surface area is 164 Å². The molecule has 0 N–H and O–H groups in total. The molecule has 1 aliphatic rings. The molecule has 3 rings (SSSR count). The third-order valence-corrected chi connectivity index (χ3v) is 5.45. The summed E-state index contributed by atoms with van der Waals surface area (Å²) >= 11 is 1.63. The Kier molecular flexibility index (Phi) is 6.55. The Balaban J connectivity index is 1.61. The Morgan fingerprint density at radius 1 is 1.22 bits per heavy atom. The molecule has 7 heteroatoms. The van der Waals surface area contributed by atoms with Gasteiger partial charge in [-0.1, -0.05) is 13.8 Å². The molecule has 0 aliphatic carbocycles. The monoisotopic (exact) mass is 389 g/mol. The zero-order valence-electron chi connectivity index (χ0n) is 16.2. The number of carbonyl (C=O) groups excluding carboxylic acids is 1. The molecule has 1 amide bonds. The number of carbonyl (C=O) groups is 1. The van der Waals surface area contributed by atoms with Crippen LogP contribution in [0.25, 0.3) is 0 Å². The molecule has 1 aliphatic heterocycles. The van der Waals surface area contributed by atoms with E-state index in [9.17, 15) is 4.79 Å². The fraction of sp³-hybridized carbons (Fsp3) is 0.500. The third kappa shape index (κ3) is 4.91. The normalized spacial score (nSPS) is 14.5. The van der Waals surface area contributed by atoms with E-state index in [0.717, 1.165) is 24.6 Å². The van der Waals surface area contributed by atoms with Gasteiger partial charge in [0.2, 0.25) is 0 Å². The Morgan fingerprint density at radius 3 is 2.63 bits per heavy atom. The molecular formula is C20H27N3O3S. The van der Waals surface area contributed by atoms with E-state index in [-0.39, 0.29) is 5.91 Å². The first-order valence-corrected chi connectivity index (χ1v) is 10.2. The zero-order chi connectivity index (χ0) is 19.2. The molecule has 6 nitrogen and oxygen atoms in total. The summed E-state index contributed by atoms with van der Waals surface area (Å²) in [6, 6.07) is 5.43. The summed E-state index contributed by atoms with van der Waals surface area (Å²) in [6.07, 6.45) is 2.79. The highest BCUT2D eigenvalue weighted by Crippen LogP contribution is 2.29. The second-order valence-electron chi connectivity index (χ2n) is 6.99. The highest BCUT2D eigenvalue weighted by atomic mass is 32.1. The van der Waals surface area contributed by atoms with E-state index in [1.807, 2.05) is 28.6 Å². The van der Waals surface area contributed by atoms with Crippen molar-refractivity contribution in [3.63, 3.8) is 0 Å². The van der Waals surface area contributed by atoms with Crippen molar-refractivity contribution in [1.29, 1.82) is 0 Å². The lowest BCUT2D eigenvalue weighted by atomic mass is 10.1. The number of amides is 1. The van der Waals surface area contributed by atoms with Crippen molar-refractivity contribution in [2.75, 3.05) is 44.8 Å². The smallest absolute Gasteiger partial charge is 0.254 e. The van der Waals surface area contributed by atoms with Crippen LogP contribution in [0.4, 0.5) is 5.13 Å². The lowest BCUT2D eigenvalue weighted by Crippen LogP contribution is -2.48. The number of rotatable bonds is 7. The van der Waals surface area contributed by atoms with Crippen LogP contribution in [0.1, 0.15) is 30.6 Å². The van der Waals surface area contributed by atoms with Gasteiger partial charge in [0.25, 0.3) is 5.91 Å². The molecule has 1 aromatic carbocycles. The topological polar surface area (TPSA) is 54.9 Å². The van der Waals surface area contributed by atoms with Crippen LogP contribution in [-0.4, -0.2) is 55.7 Å². The standard InChI is InChI=1S/C20H27N3O3S/c1-15(2)6-12-26-17-5-4-16(14-18(17)25-3)19(24)22-8-10-23(11-9-22)20-21-7-13-27-20/h4-5,7,13-15H,6,8-12H2,1-3H3. The minimum atomic E-state index is 0.0285. The average molecular weight is 390 g/mol. The van der Waals surface area contributed by atoms with Crippen LogP contribution in [0, 0.1) is 5.92 Å². The van der Waals surface area contributed by atoms with Gasteiger partial charge >= 0.3 is 0 Å². The molecule has 0 saturated carbocycles. The lowest BCUT2D eigenvalue weighted by Gasteiger charge is -2.34. The summed E-state index contributed by atoms with van der Waals surface area (Å²) in [7, 11) is 1.60. The van der Waals surface area contributed by atoms with Crippen LogP contribution < -0.4 is 14.4 Å². The summed E-state index contributed by atoms with van der Waals surface area (Å²) in [5.41, 5.74) is 0.630. The number of nitrogens with zero attached hydrogens (tertiary/aromatic N) is 3. The first-order chi connectivity index (χ1) is 13.1. The average Bonchev–Trinajstić information content (AvgIpc) is 3.22. The Morgan fingerprint density at radius 2 is 2.00 bits per heavy atom. The second kappa shape index (κ2) is 9.08. The molecule has 1 saturated heterocycles. The van der Waals surface area contributed by atoms with Gasteiger partial charge in [0.15, 0.2) is 16.6 Å². The van der Waals surface area contributed by atoms with Crippen LogP contribution in [0.2, 0.25) is 0 Å². The maximum Gasteiger partial charge on any atom is 0.254 e. The summed E-state index contributed by atoms with van der Waals surface area (Å²) in [6.45, 7) is 7.94. The minimum Gasteiger partial charge on any atom is -0.493 e. The number of ether oxygens (including phenoxy) is 2. The van der Waals surface area contributed by atoms with E-state index in [4.69, 9.17) is 9.47 Å². The van der Waals surface area contributed by atoms with Crippen molar-refractivity contribution in [2.45, 2.75) is 20.3 Å². The molecular weight excluding hydrogens is 362 g/mol. The summed E-state index contributed by atoms with van der Waals surface area (Å²) in [5, 5.41) is 3.00. The molecule has 1 aromatic heterocycles. The van der Waals surface area contributed by atoms with Crippen LogP contribution >= 0.6 is 11.3 Å². The van der Waals surface area contributed by atoms with Crippen molar-refractivity contribution in [3.05, 3.63) is 35.3 Å². The summed E-state index contributed by atoms with van der Waals surface area (Å²) in [4.78, 5) is 21.3. The van der Waals surface area contributed by atoms with Crippen LogP contribution in [0.15, 0.2) is 29.8 Å². The first-order valence-electron chi connectivity index (χ1n) is 9.33. The van der Waals surface area contributed by atoms with E-state index in [2.05, 4.69) is 23.7 Å². The highest BCUT2D eigenvalue weighted by Gasteiger charge is 2.24. The fourth-order valence-electron chi connectivity index (χ4n) is 2.98. The molecule has 2 heterocycles. The van der Waals surface area contributed by atoms with Gasteiger partial charge in [0, 0.05) is 43.3 Å². The molecule has 27 heavy (non-hydrogen) atoms. The van der Waals surface area contributed by atoms with Crippen molar-refractivity contribution in [3.8, 4) is 11.5 Å². The molecule has 0 radical (unpaired) electrons. The number of hydrogen-bond donors (Lipinski definition) is 0. The number of anilines is 1. The molecule has 0 bridgehead atoms. The van der Waals surface area contributed by atoms with E-state index in [1.54, 1.807) is 24.5 Å². The number of thiazole rings is 1. The SMILES string of the molecule is COc1cc(C(=O)N2CCN(c3nccs3)CC2)ccc1OCCC(C)C. The van der Waals surface area contributed by atoms with Gasteiger partial charge in [-0.3, -0.25) is 4.79 Å². The predicted molar refractivity (Wildman–Crippen MR) is 108 cm³/mol. The maximum atomic E-state index is 12.9. The summed E-state index contributed by atoms with van der Waals surface area (Å²) in [5.74, 6) is 1.90. The molecule has 146 valence electrons. The molecule has 0 atom stereocenters. The fourth-order valence-corrected chi connectivity index (χ4v) is 3.68. The van der Waals surface area contributed by atoms with Gasteiger partial charge in [0.1, 0.15) is 0 Å². The molecule has 2 aromatic rings. The van der Waals surface area contributed by atoms with Crippen LogP contribution in [0.5, 0.6) is 11.5 Å². The van der Waals surface area contributed by atoms with Crippen molar-refractivity contribution < 1.29 is 14.3 Å². The molecule has 0 unspecified atom stereocenters. The zero-order valence-corrected chi connectivity index (χ0v) is 17.0. The van der Waals surface area contributed by atoms with Gasteiger partial charge in [-0.15, -0.1) is 11.3 Å². The van der Waals surface area contributed by atoms with Crippen molar-refractivity contribution >= 4 is 22.4 Å². The highest BCUT2D eigenvalue weighted by molar-refractivity contribution is 7.13. The van der Waals surface area contributed by atoms with Gasteiger partial charge in [-0.05, 0) is 30.5 Å². The van der Waals surface area contributed by atoms with E-state index >= 15 is 0 Å². The number of piperazine rings is 1. The number of methoxy groups -OCH3 is 1. The van der Waals surface area contributed by atoms with Crippen LogP contribution in [-0.2, 0) is 0 Å². The minimum absolute atomic E-state index is 0.0285. The van der Waals surface area contributed by atoms with Crippen molar-refractivity contribution in [2.24, 2.45) is 5.92 Å². The Bertz CT molecular complexity index is 741. The number of aromatic nitrogens is 1. The second-order valence-corrected chi connectivity index (χ2v) is 7.86. The van der Waals surface area contributed by atoms with Crippen LogP contribution in [0.3, 0.4) is 0 Å². The number of benzene rings is 1. The first kappa shape index (κ1) is 19.5.